The van der Waals surface area contributed by atoms with E-state index in [9.17, 15) is 22.8 Å². The predicted octanol–water partition coefficient (Wildman–Crippen LogP) is 2.44. The van der Waals surface area contributed by atoms with Gasteiger partial charge in [0.1, 0.15) is 5.75 Å². The zero-order chi connectivity index (χ0) is 18.9. The Morgan fingerprint density at radius 1 is 1.35 bits per heavy atom. The Balaban J connectivity index is 1.69. The van der Waals surface area contributed by atoms with Crippen LogP contribution < -0.4 is 10.1 Å². The van der Waals surface area contributed by atoms with Crippen LogP contribution in [0, 0.1) is 5.92 Å². The second-order valence-corrected chi connectivity index (χ2v) is 6.68. The highest BCUT2D eigenvalue weighted by Crippen LogP contribution is 2.51. The first kappa shape index (κ1) is 18.5. The fourth-order valence-corrected chi connectivity index (χ4v) is 3.37. The second kappa shape index (κ2) is 6.79. The minimum atomic E-state index is -4.81. The van der Waals surface area contributed by atoms with Gasteiger partial charge in [-0.25, -0.2) is 0 Å². The number of nitrogens with one attached hydrogen (secondary N) is 1. The number of amides is 1. The van der Waals surface area contributed by atoms with E-state index in [2.05, 4.69) is 10.1 Å². The normalized spacial score (nSPS) is 27.8. The van der Waals surface area contributed by atoms with E-state index < -0.39 is 29.7 Å². The van der Waals surface area contributed by atoms with Gasteiger partial charge in [0.05, 0.1) is 18.6 Å². The van der Waals surface area contributed by atoms with Crippen LogP contribution in [0.2, 0.25) is 0 Å². The maximum atomic E-state index is 12.5. The molecule has 2 aliphatic rings. The molecule has 1 saturated heterocycles. The summed E-state index contributed by atoms with van der Waals surface area (Å²) in [6, 6.07) is 5.74. The summed E-state index contributed by atoms with van der Waals surface area (Å²) < 4.78 is 46.9. The summed E-state index contributed by atoms with van der Waals surface area (Å²) in [5.41, 5.74) is -0.641. The van der Waals surface area contributed by atoms with Gasteiger partial charge in [0.25, 0.3) is 0 Å². The van der Waals surface area contributed by atoms with Crippen LogP contribution in [0.4, 0.5) is 13.2 Å². The number of hydrogen-bond donors (Lipinski definition) is 2. The minimum absolute atomic E-state index is 0.107. The molecule has 2 fully saturated rings. The number of hydrogen-bond acceptors (Lipinski definition) is 4. The van der Waals surface area contributed by atoms with Crippen LogP contribution in [-0.2, 0) is 14.3 Å². The number of carboxylic acid groups (broad SMARTS) is 1. The molecule has 0 radical (unpaired) electrons. The molecule has 1 aliphatic carbocycles. The van der Waals surface area contributed by atoms with Gasteiger partial charge < -0.3 is 19.9 Å². The van der Waals surface area contributed by atoms with Gasteiger partial charge in [-0.05, 0) is 30.4 Å². The largest absolute Gasteiger partial charge is 0.573 e. The van der Waals surface area contributed by atoms with Gasteiger partial charge in [-0.1, -0.05) is 18.2 Å². The Kier molecular flexibility index (Phi) is 4.83. The Morgan fingerprint density at radius 3 is 2.69 bits per heavy atom. The van der Waals surface area contributed by atoms with Crippen LogP contribution in [0.15, 0.2) is 24.3 Å². The number of rotatable bonds is 6. The zero-order valence-corrected chi connectivity index (χ0v) is 13.7. The highest BCUT2D eigenvalue weighted by molar-refractivity contribution is 5.84. The highest BCUT2D eigenvalue weighted by Gasteiger charge is 2.49. The number of halogens is 3. The van der Waals surface area contributed by atoms with E-state index in [0.717, 1.165) is 0 Å². The number of para-hydroxylation sites is 1. The van der Waals surface area contributed by atoms with E-state index in [1.54, 1.807) is 6.07 Å². The number of ether oxygens (including phenoxy) is 2. The molecule has 3 rings (SSSR count). The average molecular weight is 373 g/mol. The molecule has 3 unspecified atom stereocenters. The fraction of sp³-hybridized carbons (Fsp3) is 0.529. The summed E-state index contributed by atoms with van der Waals surface area (Å²) in [6.45, 7) is 0.458. The third-order valence-corrected chi connectivity index (χ3v) is 4.65. The summed E-state index contributed by atoms with van der Waals surface area (Å²) in [4.78, 5) is 23.6. The lowest BCUT2D eigenvalue weighted by Crippen LogP contribution is -2.51. The zero-order valence-electron chi connectivity index (χ0n) is 13.7. The summed E-state index contributed by atoms with van der Waals surface area (Å²) in [7, 11) is 0. The summed E-state index contributed by atoms with van der Waals surface area (Å²) in [5.74, 6) is -2.64. The van der Waals surface area contributed by atoms with E-state index in [0.29, 0.717) is 25.0 Å². The number of alkyl halides is 3. The molecular formula is C17H18F3NO5. The summed E-state index contributed by atoms with van der Waals surface area (Å²) in [6.07, 6.45) is -4.30. The smallest absolute Gasteiger partial charge is 0.481 e. The summed E-state index contributed by atoms with van der Waals surface area (Å²) in [5, 5.41) is 11.8. The lowest BCUT2D eigenvalue weighted by molar-refractivity contribution is -0.274. The molecule has 9 heteroatoms. The quantitative estimate of drug-likeness (QED) is 0.800. The minimum Gasteiger partial charge on any atom is -0.481 e. The first-order valence-electron chi connectivity index (χ1n) is 8.15. The molecule has 142 valence electrons. The van der Waals surface area contributed by atoms with Gasteiger partial charge in [-0.3, -0.25) is 9.59 Å². The first-order valence-corrected chi connectivity index (χ1v) is 8.15. The van der Waals surface area contributed by atoms with Gasteiger partial charge in [0.15, 0.2) is 0 Å². The Labute approximate surface area is 147 Å². The molecule has 1 amide bonds. The Morgan fingerprint density at radius 2 is 2.08 bits per heavy atom. The van der Waals surface area contributed by atoms with E-state index >= 15 is 0 Å². The SMILES string of the molecule is O=C(O)CC1(NC(=O)C2CC2c2ccccc2OC(F)(F)F)CCOC1. The topological polar surface area (TPSA) is 84.9 Å². The van der Waals surface area contributed by atoms with Gasteiger partial charge in [0.2, 0.25) is 5.91 Å². The molecule has 26 heavy (non-hydrogen) atoms. The molecule has 2 N–H and O–H groups in total. The van der Waals surface area contributed by atoms with Crippen molar-refractivity contribution in [3.8, 4) is 5.75 Å². The molecule has 3 atom stereocenters. The fourth-order valence-electron chi connectivity index (χ4n) is 3.37. The van der Waals surface area contributed by atoms with E-state index in [-0.39, 0.29) is 24.7 Å². The molecule has 1 saturated carbocycles. The van der Waals surface area contributed by atoms with Crippen molar-refractivity contribution in [2.45, 2.75) is 37.1 Å². The summed E-state index contributed by atoms with van der Waals surface area (Å²) >= 11 is 0. The number of aliphatic carboxylic acids is 1. The van der Waals surface area contributed by atoms with Crippen molar-refractivity contribution in [3.63, 3.8) is 0 Å². The van der Waals surface area contributed by atoms with Crippen LogP contribution in [0.3, 0.4) is 0 Å². The van der Waals surface area contributed by atoms with Crippen molar-refractivity contribution >= 4 is 11.9 Å². The van der Waals surface area contributed by atoms with Gasteiger partial charge in [0, 0.05) is 12.5 Å². The number of carbonyl (C=O) groups excluding carboxylic acids is 1. The van der Waals surface area contributed by atoms with Crippen LogP contribution >= 0.6 is 0 Å². The number of carbonyl (C=O) groups is 2. The van der Waals surface area contributed by atoms with Crippen molar-refractivity contribution in [2.24, 2.45) is 5.92 Å². The van der Waals surface area contributed by atoms with Crippen molar-refractivity contribution in [1.29, 1.82) is 0 Å². The monoisotopic (exact) mass is 373 g/mol. The van der Waals surface area contributed by atoms with E-state index in [1.807, 2.05) is 0 Å². The molecule has 1 heterocycles. The van der Waals surface area contributed by atoms with Gasteiger partial charge in [-0.15, -0.1) is 13.2 Å². The second-order valence-electron chi connectivity index (χ2n) is 6.68. The molecule has 1 aromatic carbocycles. The van der Waals surface area contributed by atoms with Gasteiger partial charge in [-0.2, -0.15) is 0 Å². The first-order chi connectivity index (χ1) is 12.2. The third-order valence-electron chi connectivity index (χ3n) is 4.65. The molecular weight excluding hydrogens is 355 g/mol. The van der Waals surface area contributed by atoms with E-state index in [1.165, 1.54) is 18.2 Å². The lowest BCUT2D eigenvalue weighted by atomic mass is 9.94. The van der Waals surface area contributed by atoms with Crippen molar-refractivity contribution in [1.82, 2.24) is 5.32 Å². The third kappa shape index (κ3) is 4.27. The predicted molar refractivity (Wildman–Crippen MR) is 82.5 cm³/mol. The number of benzene rings is 1. The molecule has 1 aliphatic heterocycles. The maximum absolute atomic E-state index is 12.5. The standard InChI is InChI=1S/C17H18F3NO5/c18-17(19,20)26-13-4-2-1-3-10(13)11-7-12(11)15(24)21-16(8-14(22)23)5-6-25-9-16/h1-4,11-12H,5-9H2,(H,21,24)(H,22,23). The molecule has 1 aromatic rings. The van der Waals surface area contributed by atoms with Gasteiger partial charge >= 0.3 is 12.3 Å². The van der Waals surface area contributed by atoms with E-state index in [4.69, 9.17) is 9.84 Å². The van der Waals surface area contributed by atoms with Crippen LogP contribution in [0.1, 0.15) is 30.7 Å². The average Bonchev–Trinajstić information content (AvgIpc) is 3.20. The van der Waals surface area contributed by atoms with Crippen molar-refractivity contribution in [3.05, 3.63) is 29.8 Å². The maximum Gasteiger partial charge on any atom is 0.573 e. The Bertz CT molecular complexity index is 700. The number of carboxylic acids is 1. The Hall–Kier alpha value is -2.29. The van der Waals surface area contributed by atoms with Crippen LogP contribution in [0.25, 0.3) is 0 Å². The molecule has 0 bridgehead atoms. The van der Waals surface area contributed by atoms with Crippen LogP contribution in [0.5, 0.6) is 5.75 Å². The molecule has 0 aromatic heterocycles. The van der Waals surface area contributed by atoms with Crippen molar-refractivity contribution < 1.29 is 37.3 Å². The van der Waals surface area contributed by atoms with Crippen LogP contribution in [-0.4, -0.2) is 42.1 Å². The molecule has 0 spiro atoms. The lowest BCUT2D eigenvalue weighted by Gasteiger charge is -2.27. The van der Waals surface area contributed by atoms with Crippen molar-refractivity contribution in [2.75, 3.05) is 13.2 Å². The highest BCUT2D eigenvalue weighted by atomic mass is 19.4. The molecule has 6 nitrogen and oxygen atoms in total.